The van der Waals surface area contributed by atoms with Crippen LogP contribution in [0.25, 0.3) is 0 Å². The Hall–Kier alpha value is -2.12. The van der Waals surface area contributed by atoms with E-state index in [0.717, 1.165) is 12.3 Å². The first-order chi connectivity index (χ1) is 15.2. The Bertz CT molecular complexity index is 1060. The number of rotatable bonds is 9. The van der Waals surface area contributed by atoms with Crippen LogP contribution in [-0.2, 0) is 9.26 Å². The van der Waals surface area contributed by atoms with Crippen molar-refractivity contribution in [3.63, 3.8) is 0 Å². The van der Waals surface area contributed by atoms with E-state index in [-0.39, 0.29) is 23.9 Å². The summed E-state index contributed by atoms with van der Waals surface area (Å²) >= 11 is 1.89. The summed E-state index contributed by atoms with van der Waals surface area (Å²) < 4.78 is 49.9. The van der Waals surface area contributed by atoms with Crippen LogP contribution >= 0.6 is 22.6 Å². The number of nitrogens with zero attached hydrogens (tertiary/aromatic N) is 1. The fourth-order valence-electron chi connectivity index (χ4n) is 2.45. The number of benzene rings is 2. The van der Waals surface area contributed by atoms with Gasteiger partial charge in [0.15, 0.2) is 20.0 Å². The van der Waals surface area contributed by atoms with Gasteiger partial charge in [-0.25, -0.2) is 18.0 Å². The molecule has 2 aromatic rings. The van der Waals surface area contributed by atoms with Gasteiger partial charge in [0, 0.05) is 9.13 Å². The van der Waals surface area contributed by atoms with Crippen molar-refractivity contribution in [1.29, 1.82) is 0 Å². The van der Waals surface area contributed by atoms with Gasteiger partial charge in [0.2, 0.25) is 0 Å². The van der Waals surface area contributed by atoms with Crippen molar-refractivity contribution in [2.75, 3.05) is 18.5 Å². The van der Waals surface area contributed by atoms with Crippen LogP contribution in [-0.4, -0.2) is 38.8 Å². The number of anilines is 2. The number of oxime groups is 1. The van der Waals surface area contributed by atoms with Gasteiger partial charge in [-0.05, 0) is 65.0 Å². The summed E-state index contributed by atoms with van der Waals surface area (Å²) in [6.07, 6.45) is 0.881. The number of carboxylic acid groups (broad SMARTS) is 1. The zero-order chi connectivity index (χ0) is 25.0. The maximum absolute atomic E-state index is 14.7. The highest BCUT2D eigenvalue weighted by atomic mass is 127. The van der Waals surface area contributed by atoms with E-state index in [1.807, 2.05) is 22.6 Å². The summed E-state index contributed by atoms with van der Waals surface area (Å²) in [4.78, 5) is 16.7. The highest BCUT2D eigenvalue weighted by molar-refractivity contribution is 14.1. The molecule has 0 bridgehead atoms. The van der Waals surface area contributed by atoms with E-state index in [1.54, 1.807) is 0 Å². The molecule has 0 spiro atoms. The zero-order valence-corrected chi connectivity index (χ0v) is 22.1. The molecule has 0 aliphatic heterocycles. The molecule has 0 aliphatic carbocycles. The molecule has 0 amide bonds. The summed E-state index contributed by atoms with van der Waals surface area (Å²) in [7, 11) is -1.95. The lowest BCUT2D eigenvalue weighted by Crippen LogP contribution is -2.41. The van der Waals surface area contributed by atoms with E-state index >= 15 is 0 Å². The largest absolute Gasteiger partial charge is 0.478 e. The highest BCUT2D eigenvalue weighted by Gasteiger charge is 2.36. The molecule has 11 heteroatoms. The van der Waals surface area contributed by atoms with E-state index in [0.29, 0.717) is 3.57 Å². The molecular weight excluding hydrogens is 568 g/mol. The standard InChI is InChI=1S/C22H26F3IN2O4Si/c1-22(2,3)33(4,5)32-9-8-31-27-12-13-10-15(21(29)30)20(19(25)18(13)24)28-17-7-6-14(26)11-16(17)23/h6-7,10-12,28H,8-9H2,1-5H3,(H,29,30)/b27-12+. The van der Waals surface area contributed by atoms with Gasteiger partial charge >= 0.3 is 5.97 Å². The van der Waals surface area contributed by atoms with Crippen LogP contribution in [0, 0.1) is 21.0 Å². The normalized spacial score (nSPS) is 12.3. The van der Waals surface area contributed by atoms with Crippen molar-refractivity contribution in [2.24, 2.45) is 5.16 Å². The monoisotopic (exact) mass is 594 g/mol. The summed E-state index contributed by atoms with van der Waals surface area (Å²) in [6.45, 7) is 10.8. The van der Waals surface area contributed by atoms with Crippen molar-refractivity contribution in [3.8, 4) is 0 Å². The van der Waals surface area contributed by atoms with Gasteiger partial charge in [-0.2, -0.15) is 0 Å². The summed E-state index contributed by atoms with van der Waals surface area (Å²) in [5.41, 5.74) is -1.90. The minimum absolute atomic E-state index is 0.0288. The molecule has 0 fully saturated rings. The molecule has 180 valence electrons. The lowest BCUT2D eigenvalue weighted by atomic mass is 10.1. The van der Waals surface area contributed by atoms with Crippen LogP contribution in [0.2, 0.25) is 18.1 Å². The maximum atomic E-state index is 14.7. The second-order valence-electron chi connectivity index (χ2n) is 8.75. The molecule has 0 heterocycles. The van der Waals surface area contributed by atoms with Crippen molar-refractivity contribution < 1.29 is 32.3 Å². The Morgan fingerprint density at radius 3 is 2.42 bits per heavy atom. The van der Waals surface area contributed by atoms with E-state index < -0.39 is 48.6 Å². The first kappa shape index (κ1) is 27.1. The molecule has 0 radical (unpaired) electrons. The Morgan fingerprint density at radius 2 is 1.85 bits per heavy atom. The molecule has 0 aromatic heterocycles. The number of halogens is 4. The van der Waals surface area contributed by atoms with Gasteiger partial charge in [-0.3, -0.25) is 0 Å². The van der Waals surface area contributed by atoms with Crippen molar-refractivity contribution in [3.05, 3.63) is 56.4 Å². The first-order valence-corrected chi connectivity index (χ1v) is 14.0. The predicted octanol–water partition coefficient (Wildman–Crippen LogP) is 6.52. The van der Waals surface area contributed by atoms with Gasteiger partial charge < -0.3 is 19.7 Å². The predicted molar refractivity (Wildman–Crippen MR) is 132 cm³/mol. The third-order valence-electron chi connectivity index (χ3n) is 5.37. The smallest absolute Gasteiger partial charge is 0.337 e. The Labute approximate surface area is 205 Å². The van der Waals surface area contributed by atoms with Crippen LogP contribution in [0.3, 0.4) is 0 Å². The fourth-order valence-corrected chi connectivity index (χ4v) is 3.93. The number of carbonyl (C=O) groups is 1. The molecule has 0 saturated heterocycles. The van der Waals surface area contributed by atoms with E-state index in [9.17, 15) is 23.1 Å². The van der Waals surface area contributed by atoms with Crippen molar-refractivity contribution in [2.45, 2.75) is 38.9 Å². The molecule has 2 N–H and O–H groups in total. The first-order valence-electron chi connectivity index (χ1n) is 10.0. The molecule has 2 rings (SSSR count). The summed E-state index contributed by atoms with van der Waals surface area (Å²) in [6, 6.07) is 4.90. The summed E-state index contributed by atoms with van der Waals surface area (Å²) in [5.74, 6) is -5.09. The number of aromatic carboxylic acids is 1. The average Bonchev–Trinajstić information content (AvgIpc) is 2.70. The Kier molecular flexibility index (Phi) is 8.93. The van der Waals surface area contributed by atoms with Gasteiger partial charge in [0.1, 0.15) is 12.4 Å². The summed E-state index contributed by atoms with van der Waals surface area (Å²) in [5, 5.41) is 15.4. The minimum Gasteiger partial charge on any atom is -0.478 e. The molecule has 0 aliphatic rings. The second-order valence-corrected chi connectivity index (χ2v) is 14.8. The Morgan fingerprint density at radius 1 is 1.18 bits per heavy atom. The van der Waals surface area contributed by atoms with Crippen LogP contribution < -0.4 is 5.32 Å². The van der Waals surface area contributed by atoms with E-state index in [2.05, 4.69) is 44.3 Å². The fraction of sp³-hybridized carbons (Fsp3) is 0.364. The highest BCUT2D eigenvalue weighted by Crippen LogP contribution is 2.36. The lowest BCUT2D eigenvalue weighted by molar-refractivity contribution is 0.0697. The SMILES string of the molecule is CC(C)(C)[Si](C)(C)OCCO/N=C/c1cc(C(=O)O)c(Nc2ccc(I)cc2F)c(F)c1F. The van der Waals surface area contributed by atoms with Gasteiger partial charge in [0.05, 0.1) is 29.8 Å². The lowest BCUT2D eigenvalue weighted by Gasteiger charge is -2.35. The second kappa shape index (κ2) is 10.9. The molecule has 2 aromatic carbocycles. The van der Waals surface area contributed by atoms with E-state index in [1.165, 1.54) is 18.2 Å². The number of nitrogens with one attached hydrogen (secondary N) is 1. The molecule has 0 atom stereocenters. The molecule has 0 saturated carbocycles. The van der Waals surface area contributed by atoms with Crippen LogP contribution in [0.4, 0.5) is 24.5 Å². The quantitative estimate of drug-likeness (QED) is 0.114. The molecule has 33 heavy (non-hydrogen) atoms. The van der Waals surface area contributed by atoms with Gasteiger partial charge in [0.25, 0.3) is 0 Å². The van der Waals surface area contributed by atoms with E-state index in [4.69, 9.17) is 9.26 Å². The number of carboxylic acids is 1. The number of hydrogen-bond donors (Lipinski definition) is 2. The topological polar surface area (TPSA) is 80.2 Å². The van der Waals surface area contributed by atoms with Gasteiger partial charge in [-0.1, -0.05) is 25.9 Å². The average molecular weight is 594 g/mol. The molecule has 0 unspecified atom stereocenters. The molecule has 6 nitrogen and oxygen atoms in total. The van der Waals surface area contributed by atoms with Crippen LogP contribution in [0.5, 0.6) is 0 Å². The van der Waals surface area contributed by atoms with Crippen molar-refractivity contribution >= 4 is 54.5 Å². The molecular formula is C22H26F3IN2O4Si. The van der Waals surface area contributed by atoms with Crippen LogP contribution in [0.15, 0.2) is 29.4 Å². The minimum atomic E-state index is -1.95. The maximum Gasteiger partial charge on any atom is 0.337 e. The van der Waals surface area contributed by atoms with Crippen LogP contribution in [0.1, 0.15) is 36.7 Å². The number of hydrogen-bond acceptors (Lipinski definition) is 5. The zero-order valence-electron chi connectivity index (χ0n) is 18.9. The third-order valence-corrected chi connectivity index (χ3v) is 10.6. The third kappa shape index (κ3) is 6.93. The van der Waals surface area contributed by atoms with Crippen molar-refractivity contribution in [1.82, 2.24) is 0 Å². The Balaban J connectivity index is 2.17. The van der Waals surface area contributed by atoms with Gasteiger partial charge in [-0.15, -0.1) is 0 Å².